The summed E-state index contributed by atoms with van der Waals surface area (Å²) in [7, 11) is 1.27. The molecule has 4 N–H and O–H groups in total. The Kier molecular flexibility index (Phi) is 7.76. The van der Waals surface area contributed by atoms with E-state index < -0.39 is 35.0 Å². The quantitative estimate of drug-likeness (QED) is 0.284. The van der Waals surface area contributed by atoms with Crippen LogP contribution in [0.15, 0.2) is 28.8 Å². The van der Waals surface area contributed by atoms with Crippen LogP contribution in [0.2, 0.25) is 0 Å². The molecule has 2 aliphatic heterocycles. The summed E-state index contributed by atoms with van der Waals surface area (Å²) in [5.41, 5.74) is 3.20. The van der Waals surface area contributed by atoms with Crippen LogP contribution >= 0.6 is 23.1 Å². The molecule has 152 valence electrons. The number of amides is 3. The normalized spacial score (nSPS) is 22.9. The molecule has 0 bridgehead atoms. The molecule has 3 heterocycles. The van der Waals surface area contributed by atoms with Gasteiger partial charge in [0.05, 0.1) is 6.42 Å². The van der Waals surface area contributed by atoms with Crippen LogP contribution in [-0.2, 0) is 30.3 Å². The van der Waals surface area contributed by atoms with Crippen molar-refractivity contribution in [1.82, 2.24) is 10.2 Å². The molecule has 2 atom stereocenters. The third-order valence-electron chi connectivity index (χ3n) is 4.26. The fourth-order valence-corrected chi connectivity index (χ4v) is 5.16. The van der Waals surface area contributed by atoms with E-state index in [1.807, 2.05) is 11.4 Å². The van der Waals surface area contributed by atoms with Crippen molar-refractivity contribution in [3.8, 4) is 0 Å². The van der Waals surface area contributed by atoms with Gasteiger partial charge >= 0.3 is 41.6 Å². The van der Waals surface area contributed by atoms with E-state index in [-0.39, 0.29) is 59.6 Å². The van der Waals surface area contributed by atoms with Gasteiger partial charge in [0.15, 0.2) is 0 Å². The van der Waals surface area contributed by atoms with Gasteiger partial charge in [-0.3, -0.25) is 14.5 Å². The number of ether oxygens (including phenoxy) is 2. The van der Waals surface area contributed by atoms with Crippen LogP contribution < -0.4 is 11.1 Å². The van der Waals surface area contributed by atoms with Gasteiger partial charge in [0, 0.05) is 23.3 Å². The number of nitrogens with zero attached hydrogens (tertiary/aromatic N) is 1. The molecule has 1 unspecified atom stereocenters. The van der Waals surface area contributed by atoms with Crippen LogP contribution in [0.25, 0.3) is 0 Å². The minimum absolute atomic E-state index is 0. The molecule has 3 amide bonds. The topological polar surface area (TPSA) is 148 Å². The number of nitrogens with one attached hydrogen (secondary N) is 1. The van der Waals surface area contributed by atoms with Crippen LogP contribution in [-0.4, -0.2) is 94.0 Å². The molecule has 0 spiro atoms. The van der Waals surface area contributed by atoms with Crippen LogP contribution in [0.4, 0.5) is 4.79 Å². The first-order chi connectivity index (χ1) is 13.3. The average Bonchev–Trinajstić information content (AvgIpc) is 3.15. The van der Waals surface area contributed by atoms with Crippen LogP contribution in [0.3, 0.4) is 0 Å². The Balaban J connectivity index is 0.00000300. The van der Waals surface area contributed by atoms with Gasteiger partial charge in [-0.1, -0.05) is 6.07 Å². The summed E-state index contributed by atoms with van der Waals surface area (Å²) in [5, 5.41) is 13.2. The number of carbonyl (C=O) groups excluding carboxylic acids is 3. The van der Waals surface area contributed by atoms with E-state index in [0.717, 1.165) is 9.78 Å². The molecule has 10 nitrogen and oxygen atoms in total. The molecule has 29 heavy (non-hydrogen) atoms. The van der Waals surface area contributed by atoms with E-state index >= 15 is 0 Å². The molecule has 0 aromatic carbocycles. The Morgan fingerprint density at radius 3 is 2.72 bits per heavy atom. The Morgan fingerprint density at radius 2 is 2.17 bits per heavy atom. The molecule has 2 aliphatic rings. The van der Waals surface area contributed by atoms with Crippen molar-refractivity contribution in [2.75, 3.05) is 19.5 Å². The summed E-state index contributed by atoms with van der Waals surface area (Å²) >= 11 is 2.60. The Hall–Kier alpha value is -1.57. The number of aliphatic carboxylic acids is 1. The first kappa shape index (κ1) is 23.7. The molecule has 0 radical (unpaired) electrons. The van der Waals surface area contributed by atoms with E-state index in [1.54, 1.807) is 6.07 Å². The number of fused-ring (bicyclic) bond motifs is 1. The van der Waals surface area contributed by atoms with E-state index in [2.05, 4.69) is 10.1 Å². The first-order valence-electron chi connectivity index (χ1n) is 8.01. The second kappa shape index (κ2) is 9.49. The summed E-state index contributed by atoms with van der Waals surface area (Å²) in [5.74, 6) is -2.31. The first-order valence-corrected chi connectivity index (χ1v) is 9.94. The van der Waals surface area contributed by atoms with Gasteiger partial charge in [-0.15, -0.1) is 23.1 Å². The fraction of sp³-hybridized carbons (Fsp3) is 0.375. The molecule has 1 saturated heterocycles. The number of methoxy groups -OCH3 is 1. The molecular weight excluding hydrogens is 433 g/mol. The number of carbonyl (C=O) groups is 4. The van der Waals surface area contributed by atoms with Crippen LogP contribution in [0, 0.1) is 0 Å². The summed E-state index contributed by atoms with van der Waals surface area (Å²) in [4.78, 5) is 49.6. The number of hydrogen-bond donors (Lipinski definition) is 3. The molecule has 3 rings (SSSR count). The Bertz CT molecular complexity index is 861. The minimum atomic E-state index is -1.66. The van der Waals surface area contributed by atoms with Crippen molar-refractivity contribution < 1.29 is 33.8 Å². The van der Waals surface area contributed by atoms with E-state index in [0.29, 0.717) is 0 Å². The Morgan fingerprint density at radius 1 is 1.45 bits per heavy atom. The number of thioether (sulfide) groups is 1. The number of carboxylic acids is 1. The van der Waals surface area contributed by atoms with Crippen LogP contribution in [0.1, 0.15) is 4.88 Å². The van der Waals surface area contributed by atoms with Gasteiger partial charge in [0.2, 0.25) is 5.91 Å². The van der Waals surface area contributed by atoms with Crippen molar-refractivity contribution >= 4 is 76.5 Å². The number of nitrogens with two attached hydrogens (primary N) is 1. The van der Waals surface area contributed by atoms with Gasteiger partial charge in [0.25, 0.3) is 11.6 Å². The monoisotopic (exact) mass is 451 g/mol. The fourth-order valence-electron chi connectivity index (χ4n) is 3.04. The van der Waals surface area contributed by atoms with Crippen molar-refractivity contribution in [3.63, 3.8) is 0 Å². The second-order valence-electron chi connectivity index (χ2n) is 5.95. The van der Waals surface area contributed by atoms with E-state index in [9.17, 15) is 24.3 Å². The van der Waals surface area contributed by atoms with Gasteiger partial charge < -0.3 is 25.6 Å². The molecule has 0 saturated carbocycles. The third kappa shape index (κ3) is 4.47. The molecule has 0 aliphatic carbocycles. The SMILES string of the molecule is COC1(NC(=O)Cc2cccs2)C(=O)N2C(C(=O)O)=C(COC(N)=O)CS[C@@H]21.[NaH]. The third-order valence-corrected chi connectivity index (χ3v) is 6.51. The van der Waals surface area contributed by atoms with Gasteiger partial charge in [-0.25, -0.2) is 9.59 Å². The standard InChI is InChI=1S/C16H17N3O7S2.Na.H/c1-25-16(18-10(20)5-9-3-2-4-27-9)13(23)19-11(12(21)22)8(6-26-15(17)24)7-28-14(16)19;;/h2-4,14H,5-7H2,1H3,(H2,17,24)(H,18,20)(H,21,22);;/t14-,16?;;/m1../s1. The van der Waals surface area contributed by atoms with Gasteiger partial charge in [-0.2, -0.15) is 0 Å². The van der Waals surface area contributed by atoms with Crippen molar-refractivity contribution in [3.05, 3.63) is 33.7 Å². The summed E-state index contributed by atoms with van der Waals surface area (Å²) < 4.78 is 10.0. The van der Waals surface area contributed by atoms with Gasteiger partial charge in [-0.05, 0) is 11.4 Å². The average molecular weight is 451 g/mol. The molecule has 1 aromatic heterocycles. The maximum absolute atomic E-state index is 12.8. The number of thiophene rings is 1. The Labute approximate surface area is 196 Å². The zero-order valence-corrected chi connectivity index (χ0v) is 16.3. The second-order valence-corrected chi connectivity index (χ2v) is 8.05. The van der Waals surface area contributed by atoms with Crippen LogP contribution in [0.5, 0.6) is 0 Å². The summed E-state index contributed by atoms with van der Waals surface area (Å²) in [6.45, 7) is -0.342. The van der Waals surface area contributed by atoms with Crippen molar-refractivity contribution in [1.29, 1.82) is 0 Å². The summed E-state index contributed by atoms with van der Waals surface area (Å²) in [6.07, 6.45) is -0.973. The van der Waals surface area contributed by atoms with E-state index in [4.69, 9.17) is 10.5 Å². The molecular formula is C16H18N3NaO7S2. The number of hydrogen-bond acceptors (Lipinski definition) is 8. The predicted octanol–water partition coefficient (Wildman–Crippen LogP) is -0.550. The summed E-state index contributed by atoms with van der Waals surface area (Å²) in [6, 6.07) is 3.61. The maximum atomic E-state index is 12.8. The van der Waals surface area contributed by atoms with Gasteiger partial charge in [0.1, 0.15) is 17.7 Å². The van der Waals surface area contributed by atoms with Crippen molar-refractivity contribution in [2.45, 2.75) is 17.5 Å². The zero-order chi connectivity index (χ0) is 20.5. The zero-order valence-electron chi connectivity index (χ0n) is 14.7. The predicted molar refractivity (Wildman–Crippen MR) is 106 cm³/mol. The number of β-lactam (4-membered cyclic amide) rings is 1. The van der Waals surface area contributed by atoms with E-state index in [1.165, 1.54) is 30.2 Å². The molecule has 1 aromatic rings. The number of carboxylic acid groups (broad SMARTS) is 1. The number of primary amides is 1. The van der Waals surface area contributed by atoms with Crippen molar-refractivity contribution in [2.24, 2.45) is 5.73 Å². The number of rotatable bonds is 7. The molecule has 1 fully saturated rings. The molecule has 13 heteroatoms.